The van der Waals surface area contributed by atoms with Gasteiger partial charge in [0.1, 0.15) is 17.6 Å². The van der Waals surface area contributed by atoms with E-state index in [0.717, 1.165) is 23.1 Å². The minimum absolute atomic E-state index is 0.145. The van der Waals surface area contributed by atoms with Gasteiger partial charge in [0.05, 0.1) is 11.6 Å². The van der Waals surface area contributed by atoms with Crippen LogP contribution < -0.4 is 0 Å². The lowest BCUT2D eigenvalue weighted by Crippen LogP contribution is -2.26. The van der Waals surface area contributed by atoms with Crippen molar-refractivity contribution in [3.63, 3.8) is 0 Å². The van der Waals surface area contributed by atoms with Crippen molar-refractivity contribution >= 4 is 23.1 Å². The summed E-state index contributed by atoms with van der Waals surface area (Å²) >= 11 is 6.08. The molecule has 0 fully saturated rings. The maximum Gasteiger partial charge on any atom is 0.141 e. The summed E-state index contributed by atoms with van der Waals surface area (Å²) < 4.78 is 6.28. The van der Waals surface area contributed by atoms with E-state index >= 15 is 0 Å². The molecular weight excluding hydrogens is 418 g/mol. The van der Waals surface area contributed by atoms with Crippen molar-refractivity contribution in [2.75, 3.05) is 0 Å². The molecule has 32 heavy (non-hydrogen) atoms. The predicted molar refractivity (Wildman–Crippen MR) is 127 cm³/mol. The Kier molecular flexibility index (Phi) is 7.04. The van der Waals surface area contributed by atoms with E-state index in [1.165, 1.54) is 0 Å². The third kappa shape index (κ3) is 5.28. The fourth-order valence-electron chi connectivity index (χ4n) is 4.17. The summed E-state index contributed by atoms with van der Waals surface area (Å²) in [5, 5.41) is 10.7. The quantitative estimate of drug-likeness (QED) is 0.408. The van der Waals surface area contributed by atoms with Gasteiger partial charge in [-0.1, -0.05) is 84.4 Å². The lowest BCUT2D eigenvalue weighted by atomic mass is 9.82. The van der Waals surface area contributed by atoms with Crippen molar-refractivity contribution < 1.29 is 9.53 Å². The van der Waals surface area contributed by atoms with Crippen LogP contribution in [0, 0.1) is 11.3 Å². The summed E-state index contributed by atoms with van der Waals surface area (Å²) in [5.41, 5.74) is 3.60. The number of hydrogen-bond acceptors (Lipinski definition) is 3. The van der Waals surface area contributed by atoms with Crippen LogP contribution >= 0.6 is 11.6 Å². The SMILES string of the molecule is N#CC1=C(c2ccccc2)O[C@H](CC(=O)CCc2ccccc2)C[C@H]1c1ccc(Cl)cc1. The number of hydrogen-bond donors (Lipinski definition) is 0. The summed E-state index contributed by atoms with van der Waals surface area (Å²) in [6.45, 7) is 0. The lowest BCUT2D eigenvalue weighted by molar-refractivity contribution is -0.121. The Morgan fingerprint density at radius 1 is 0.969 bits per heavy atom. The van der Waals surface area contributed by atoms with E-state index in [0.29, 0.717) is 35.6 Å². The van der Waals surface area contributed by atoms with Gasteiger partial charge < -0.3 is 4.74 Å². The highest BCUT2D eigenvalue weighted by Crippen LogP contribution is 2.41. The normalized spacial score (nSPS) is 18.0. The van der Waals surface area contributed by atoms with Crippen molar-refractivity contribution in [3.05, 3.63) is 112 Å². The highest BCUT2D eigenvalue weighted by Gasteiger charge is 2.33. The van der Waals surface area contributed by atoms with E-state index in [1.807, 2.05) is 84.9 Å². The molecule has 0 aliphatic carbocycles. The zero-order valence-electron chi connectivity index (χ0n) is 17.7. The number of nitrogens with zero attached hydrogens (tertiary/aromatic N) is 1. The smallest absolute Gasteiger partial charge is 0.141 e. The van der Waals surface area contributed by atoms with Gasteiger partial charge >= 0.3 is 0 Å². The average molecular weight is 442 g/mol. The maximum absolute atomic E-state index is 12.8. The molecule has 1 aliphatic heterocycles. The van der Waals surface area contributed by atoms with Crippen molar-refractivity contribution in [2.45, 2.75) is 37.7 Å². The van der Waals surface area contributed by atoms with Gasteiger partial charge in [0.2, 0.25) is 0 Å². The molecule has 4 rings (SSSR count). The van der Waals surface area contributed by atoms with Crippen LogP contribution in [0.4, 0.5) is 0 Å². The van der Waals surface area contributed by atoms with Crippen LogP contribution in [0.25, 0.3) is 5.76 Å². The van der Waals surface area contributed by atoms with Gasteiger partial charge in [-0.25, -0.2) is 0 Å². The average Bonchev–Trinajstić information content (AvgIpc) is 2.84. The van der Waals surface area contributed by atoms with Gasteiger partial charge in [0.15, 0.2) is 0 Å². The molecule has 1 heterocycles. The minimum atomic E-state index is -0.286. The van der Waals surface area contributed by atoms with Crippen LogP contribution in [-0.4, -0.2) is 11.9 Å². The minimum Gasteiger partial charge on any atom is -0.488 e. The highest BCUT2D eigenvalue weighted by molar-refractivity contribution is 6.30. The maximum atomic E-state index is 12.8. The Morgan fingerprint density at radius 3 is 2.28 bits per heavy atom. The fraction of sp³-hybridized carbons (Fsp3) is 0.214. The van der Waals surface area contributed by atoms with Gasteiger partial charge in [0, 0.05) is 29.3 Å². The molecule has 0 amide bonds. The molecule has 0 spiro atoms. The van der Waals surface area contributed by atoms with Gasteiger partial charge in [-0.2, -0.15) is 5.26 Å². The molecule has 2 atom stereocenters. The first-order valence-electron chi connectivity index (χ1n) is 10.8. The van der Waals surface area contributed by atoms with Gasteiger partial charge in [-0.3, -0.25) is 4.79 Å². The molecule has 0 saturated carbocycles. The molecule has 1 aliphatic rings. The zero-order valence-corrected chi connectivity index (χ0v) is 18.5. The first kappa shape index (κ1) is 21.9. The van der Waals surface area contributed by atoms with Crippen LogP contribution in [-0.2, 0) is 16.0 Å². The van der Waals surface area contributed by atoms with E-state index in [2.05, 4.69) is 6.07 Å². The molecule has 0 unspecified atom stereocenters. The number of rotatable bonds is 7. The molecule has 3 aromatic rings. The number of aryl methyl sites for hydroxylation is 1. The molecule has 3 nitrogen and oxygen atoms in total. The second-order valence-corrected chi connectivity index (χ2v) is 8.47. The number of Topliss-reactive ketones (excluding diaryl/α,β-unsaturated/α-hetero) is 1. The Bertz CT molecular complexity index is 1130. The third-order valence-corrected chi connectivity index (χ3v) is 6.05. The molecular formula is C28H24ClNO2. The molecule has 4 heteroatoms. The largest absolute Gasteiger partial charge is 0.488 e. The second-order valence-electron chi connectivity index (χ2n) is 8.03. The molecule has 0 radical (unpaired) electrons. The summed E-state index contributed by atoms with van der Waals surface area (Å²) in [5.74, 6) is 0.592. The van der Waals surface area contributed by atoms with Crippen molar-refractivity contribution in [3.8, 4) is 6.07 Å². The van der Waals surface area contributed by atoms with Gasteiger partial charge in [0.25, 0.3) is 0 Å². The van der Waals surface area contributed by atoms with Crippen LogP contribution in [0.2, 0.25) is 5.02 Å². The van der Waals surface area contributed by atoms with Gasteiger partial charge in [-0.15, -0.1) is 0 Å². The zero-order chi connectivity index (χ0) is 22.3. The number of halogens is 1. The number of carbonyl (C=O) groups excluding carboxylic acids is 1. The highest BCUT2D eigenvalue weighted by atomic mass is 35.5. The van der Waals surface area contributed by atoms with Crippen LogP contribution in [0.3, 0.4) is 0 Å². The number of ketones is 1. The molecule has 0 N–H and O–H groups in total. The van der Waals surface area contributed by atoms with E-state index in [-0.39, 0.29) is 17.8 Å². The van der Waals surface area contributed by atoms with Crippen molar-refractivity contribution in [2.24, 2.45) is 0 Å². The van der Waals surface area contributed by atoms with Crippen LogP contribution in [0.15, 0.2) is 90.5 Å². The first-order chi connectivity index (χ1) is 15.6. The Hall–Kier alpha value is -3.35. The molecule has 3 aromatic carbocycles. The van der Waals surface area contributed by atoms with E-state index in [1.54, 1.807) is 0 Å². The van der Waals surface area contributed by atoms with Crippen molar-refractivity contribution in [1.29, 1.82) is 5.26 Å². The van der Waals surface area contributed by atoms with E-state index in [4.69, 9.17) is 16.3 Å². The lowest BCUT2D eigenvalue weighted by Gasteiger charge is -2.32. The monoisotopic (exact) mass is 441 g/mol. The standard InChI is InChI=1S/C28H24ClNO2/c29-23-14-12-21(13-15-23)26-18-25(17-24(31)16-11-20-7-3-1-4-8-20)32-28(27(26)19-30)22-9-5-2-6-10-22/h1-10,12-15,25-26H,11,16-18H2/t25-,26+/m1/s1. The molecule has 0 bridgehead atoms. The number of benzene rings is 3. The number of ether oxygens (including phenoxy) is 1. The summed E-state index contributed by atoms with van der Waals surface area (Å²) in [6.07, 6.45) is 1.82. The summed E-state index contributed by atoms with van der Waals surface area (Å²) in [6, 6.07) is 29.6. The topological polar surface area (TPSA) is 50.1 Å². The fourth-order valence-corrected chi connectivity index (χ4v) is 4.29. The Labute approximate surface area is 193 Å². The Morgan fingerprint density at radius 2 is 1.62 bits per heavy atom. The summed E-state index contributed by atoms with van der Waals surface area (Å²) in [7, 11) is 0. The first-order valence-corrected chi connectivity index (χ1v) is 11.2. The Balaban J connectivity index is 1.58. The van der Waals surface area contributed by atoms with Crippen LogP contribution in [0.5, 0.6) is 0 Å². The number of allylic oxidation sites excluding steroid dienone is 1. The number of carbonyl (C=O) groups is 1. The van der Waals surface area contributed by atoms with Crippen LogP contribution in [0.1, 0.15) is 41.9 Å². The molecule has 160 valence electrons. The van der Waals surface area contributed by atoms with Gasteiger partial charge in [-0.05, 0) is 36.1 Å². The molecule has 0 saturated heterocycles. The van der Waals surface area contributed by atoms with E-state index < -0.39 is 0 Å². The predicted octanol–water partition coefficient (Wildman–Crippen LogP) is 6.74. The third-order valence-electron chi connectivity index (χ3n) is 5.80. The number of nitriles is 1. The second kappa shape index (κ2) is 10.3. The summed E-state index contributed by atoms with van der Waals surface area (Å²) in [4.78, 5) is 12.8. The van der Waals surface area contributed by atoms with E-state index in [9.17, 15) is 10.1 Å². The van der Waals surface area contributed by atoms with Crippen molar-refractivity contribution in [1.82, 2.24) is 0 Å². The molecule has 0 aromatic heterocycles.